The first kappa shape index (κ1) is 15.0. The predicted octanol–water partition coefficient (Wildman–Crippen LogP) is 2.91. The number of benzene rings is 2. The number of nitrogens with two attached hydrogens (primary N) is 1. The summed E-state index contributed by atoms with van der Waals surface area (Å²) in [5.41, 5.74) is 7.27. The maximum atomic E-state index is 13.6. The van der Waals surface area contributed by atoms with Crippen LogP contribution in [0.1, 0.15) is 11.1 Å². The van der Waals surface area contributed by atoms with Crippen molar-refractivity contribution in [2.45, 2.75) is 6.54 Å². The average molecular weight is 286 g/mol. The van der Waals surface area contributed by atoms with E-state index in [1.807, 2.05) is 18.0 Å². The van der Waals surface area contributed by atoms with Gasteiger partial charge in [-0.3, -0.25) is 0 Å². The minimum Gasteiger partial charge on any atom is -0.370 e. The molecule has 0 bridgehead atoms. The standard InChI is InChI=1S/C17H16F2N2/c1-21(16-6-2-5-15(18)11-16)12-13-7-8-17(19)14(10-13)4-3-9-20/h2,5-8,10-11H,9,12,20H2,1H3. The number of hydrogen-bond donors (Lipinski definition) is 1. The van der Waals surface area contributed by atoms with Crippen LogP contribution in [0.15, 0.2) is 42.5 Å². The lowest BCUT2D eigenvalue weighted by Crippen LogP contribution is -2.16. The molecule has 0 atom stereocenters. The van der Waals surface area contributed by atoms with Crippen LogP contribution in [-0.2, 0) is 6.54 Å². The monoisotopic (exact) mass is 286 g/mol. The van der Waals surface area contributed by atoms with E-state index in [1.54, 1.807) is 18.2 Å². The van der Waals surface area contributed by atoms with Gasteiger partial charge in [0.05, 0.1) is 12.1 Å². The quantitative estimate of drug-likeness (QED) is 0.879. The Labute approximate surface area is 123 Å². The topological polar surface area (TPSA) is 29.3 Å². The van der Waals surface area contributed by atoms with Gasteiger partial charge in [-0.05, 0) is 35.9 Å². The second-order valence-electron chi connectivity index (χ2n) is 4.66. The fraction of sp³-hybridized carbons (Fsp3) is 0.176. The molecule has 0 aliphatic carbocycles. The molecule has 0 unspecified atom stereocenters. The molecule has 2 rings (SSSR count). The highest BCUT2D eigenvalue weighted by Crippen LogP contribution is 2.18. The SMILES string of the molecule is CN(Cc1ccc(F)c(C#CCN)c1)c1cccc(F)c1. The minimum atomic E-state index is -0.367. The molecule has 0 amide bonds. The van der Waals surface area contributed by atoms with Gasteiger partial charge in [-0.15, -0.1) is 0 Å². The van der Waals surface area contributed by atoms with E-state index in [0.29, 0.717) is 12.1 Å². The van der Waals surface area contributed by atoms with E-state index in [2.05, 4.69) is 11.8 Å². The number of hydrogen-bond acceptors (Lipinski definition) is 2. The van der Waals surface area contributed by atoms with Crippen molar-refractivity contribution in [3.63, 3.8) is 0 Å². The number of nitrogens with zero attached hydrogens (tertiary/aromatic N) is 1. The molecule has 0 aliphatic rings. The Balaban J connectivity index is 2.19. The third-order valence-corrected chi connectivity index (χ3v) is 3.02. The summed E-state index contributed by atoms with van der Waals surface area (Å²) < 4.78 is 26.8. The van der Waals surface area contributed by atoms with E-state index in [9.17, 15) is 8.78 Å². The molecule has 2 aromatic carbocycles. The smallest absolute Gasteiger partial charge is 0.138 e. The molecule has 0 aliphatic heterocycles. The molecule has 0 fully saturated rings. The minimum absolute atomic E-state index is 0.187. The summed E-state index contributed by atoms with van der Waals surface area (Å²) >= 11 is 0. The van der Waals surface area contributed by atoms with Crippen molar-refractivity contribution >= 4 is 5.69 Å². The summed E-state index contributed by atoms with van der Waals surface area (Å²) in [6.45, 7) is 0.716. The highest BCUT2D eigenvalue weighted by molar-refractivity contribution is 5.47. The lowest BCUT2D eigenvalue weighted by Gasteiger charge is -2.19. The lowest BCUT2D eigenvalue weighted by molar-refractivity contribution is 0.623. The Morgan fingerprint density at radius 2 is 1.95 bits per heavy atom. The normalized spacial score (nSPS) is 9.90. The Kier molecular flexibility index (Phi) is 4.91. The Morgan fingerprint density at radius 3 is 2.67 bits per heavy atom. The summed E-state index contributed by atoms with van der Waals surface area (Å²) in [5.74, 6) is 4.69. The van der Waals surface area contributed by atoms with Crippen molar-refractivity contribution in [3.8, 4) is 11.8 Å². The van der Waals surface area contributed by atoms with Crippen molar-refractivity contribution in [2.24, 2.45) is 5.73 Å². The van der Waals surface area contributed by atoms with Gasteiger partial charge < -0.3 is 10.6 Å². The molecule has 21 heavy (non-hydrogen) atoms. The molecular weight excluding hydrogens is 270 g/mol. The first-order valence-corrected chi connectivity index (χ1v) is 6.54. The molecule has 0 saturated heterocycles. The zero-order valence-corrected chi connectivity index (χ0v) is 11.7. The molecule has 2 aromatic rings. The Hall–Kier alpha value is -2.38. The molecule has 0 radical (unpaired) electrons. The van der Waals surface area contributed by atoms with Crippen LogP contribution in [0, 0.1) is 23.5 Å². The molecule has 0 heterocycles. The second kappa shape index (κ2) is 6.87. The van der Waals surface area contributed by atoms with Gasteiger partial charge in [0.1, 0.15) is 11.6 Å². The van der Waals surface area contributed by atoms with Gasteiger partial charge in [0, 0.05) is 19.3 Å². The van der Waals surface area contributed by atoms with E-state index in [0.717, 1.165) is 11.3 Å². The molecule has 108 valence electrons. The second-order valence-corrected chi connectivity index (χ2v) is 4.66. The van der Waals surface area contributed by atoms with Gasteiger partial charge in [0.25, 0.3) is 0 Å². The summed E-state index contributed by atoms with van der Waals surface area (Å²) in [4.78, 5) is 1.89. The molecule has 0 aromatic heterocycles. The van der Waals surface area contributed by atoms with Gasteiger partial charge in [0.2, 0.25) is 0 Å². The van der Waals surface area contributed by atoms with E-state index in [4.69, 9.17) is 5.73 Å². The predicted molar refractivity (Wildman–Crippen MR) is 80.8 cm³/mol. The van der Waals surface area contributed by atoms with Gasteiger partial charge in [-0.25, -0.2) is 8.78 Å². The van der Waals surface area contributed by atoms with E-state index < -0.39 is 0 Å². The third kappa shape index (κ3) is 4.04. The van der Waals surface area contributed by atoms with Crippen LogP contribution in [0.5, 0.6) is 0 Å². The first-order chi connectivity index (χ1) is 10.1. The highest BCUT2D eigenvalue weighted by Gasteiger charge is 2.06. The maximum Gasteiger partial charge on any atom is 0.138 e. The largest absolute Gasteiger partial charge is 0.370 e. The molecule has 0 spiro atoms. The number of anilines is 1. The van der Waals surface area contributed by atoms with Crippen molar-refractivity contribution in [1.29, 1.82) is 0 Å². The lowest BCUT2D eigenvalue weighted by atomic mass is 10.1. The molecule has 2 N–H and O–H groups in total. The maximum absolute atomic E-state index is 13.6. The highest BCUT2D eigenvalue weighted by atomic mass is 19.1. The molecule has 4 heteroatoms. The van der Waals surface area contributed by atoms with Crippen LogP contribution in [0.4, 0.5) is 14.5 Å². The van der Waals surface area contributed by atoms with Crippen molar-refractivity contribution < 1.29 is 8.78 Å². The Morgan fingerprint density at radius 1 is 1.14 bits per heavy atom. The van der Waals surface area contributed by atoms with Crippen molar-refractivity contribution in [1.82, 2.24) is 0 Å². The summed E-state index contributed by atoms with van der Waals surface area (Å²) in [5, 5.41) is 0. The zero-order chi connectivity index (χ0) is 15.2. The van der Waals surface area contributed by atoms with Crippen LogP contribution in [0.3, 0.4) is 0 Å². The molecule has 0 saturated carbocycles. The summed E-state index contributed by atoms with van der Waals surface area (Å²) in [7, 11) is 1.85. The van der Waals surface area contributed by atoms with E-state index in [1.165, 1.54) is 18.2 Å². The van der Waals surface area contributed by atoms with Gasteiger partial charge in [0.15, 0.2) is 0 Å². The third-order valence-electron chi connectivity index (χ3n) is 3.02. The molecule has 2 nitrogen and oxygen atoms in total. The van der Waals surface area contributed by atoms with Crippen molar-refractivity contribution in [2.75, 3.05) is 18.5 Å². The number of halogens is 2. The van der Waals surface area contributed by atoms with E-state index in [-0.39, 0.29) is 18.2 Å². The van der Waals surface area contributed by atoms with Crippen LogP contribution in [0.2, 0.25) is 0 Å². The van der Waals surface area contributed by atoms with Crippen LogP contribution < -0.4 is 10.6 Å². The summed E-state index contributed by atoms with van der Waals surface area (Å²) in [6, 6.07) is 11.1. The van der Waals surface area contributed by atoms with Crippen LogP contribution in [0.25, 0.3) is 0 Å². The summed E-state index contributed by atoms with van der Waals surface area (Å²) in [6.07, 6.45) is 0. The zero-order valence-electron chi connectivity index (χ0n) is 11.7. The fourth-order valence-electron chi connectivity index (χ4n) is 1.99. The van der Waals surface area contributed by atoms with Crippen LogP contribution >= 0.6 is 0 Å². The number of rotatable bonds is 3. The first-order valence-electron chi connectivity index (χ1n) is 6.54. The van der Waals surface area contributed by atoms with Crippen molar-refractivity contribution in [3.05, 3.63) is 65.2 Å². The molecular formula is C17H16F2N2. The van der Waals surface area contributed by atoms with Gasteiger partial charge in [-0.1, -0.05) is 24.0 Å². The van der Waals surface area contributed by atoms with E-state index >= 15 is 0 Å². The fourth-order valence-corrected chi connectivity index (χ4v) is 1.99. The van der Waals surface area contributed by atoms with Gasteiger partial charge in [-0.2, -0.15) is 0 Å². The average Bonchev–Trinajstić information content (AvgIpc) is 2.47. The Bertz CT molecular complexity index is 687. The van der Waals surface area contributed by atoms with Crippen LogP contribution in [-0.4, -0.2) is 13.6 Å². The van der Waals surface area contributed by atoms with Gasteiger partial charge >= 0.3 is 0 Å².